The molecular weight excluding hydrogens is 436 g/mol. The van der Waals surface area contributed by atoms with Gasteiger partial charge in [-0.25, -0.2) is 16.8 Å². The van der Waals surface area contributed by atoms with Crippen LogP contribution in [-0.4, -0.2) is 41.3 Å². The highest BCUT2D eigenvalue weighted by atomic mass is 35.5. The lowest BCUT2D eigenvalue weighted by Crippen LogP contribution is -2.48. The van der Waals surface area contributed by atoms with Gasteiger partial charge in [0.1, 0.15) is 6.04 Å². The van der Waals surface area contributed by atoms with Crippen molar-refractivity contribution in [1.82, 2.24) is 5.32 Å². The Kier molecular flexibility index (Phi) is 6.97. The fourth-order valence-corrected chi connectivity index (χ4v) is 4.82. The summed E-state index contributed by atoms with van der Waals surface area (Å²) in [5, 5.41) is 3.11. The molecule has 2 atom stereocenters. The molecular formula is C19H23ClN2O5S2. The fourth-order valence-electron chi connectivity index (χ4n) is 2.84. The lowest BCUT2D eigenvalue weighted by Gasteiger charge is -2.29. The minimum absolute atomic E-state index is 0.178. The quantitative estimate of drug-likeness (QED) is 0.687. The minimum Gasteiger partial charge on any atom is -0.348 e. The molecule has 7 nitrogen and oxygen atoms in total. The Balaban J connectivity index is 2.23. The topological polar surface area (TPSA) is 101 Å². The van der Waals surface area contributed by atoms with Crippen molar-refractivity contribution in [3.63, 3.8) is 0 Å². The number of carbonyl (C=O) groups excluding carboxylic acids is 1. The molecule has 0 aliphatic carbocycles. The molecule has 2 aromatic carbocycles. The van der Waals surface area contributed by atoms with E-state index in [2.05, 4.69) is 5.32 Å². The third-order valence-electron chi connectivity index (χ3n) is 4.32. The summed E-state index contributed by atoms with van der Waals surface area (Å²) in [6, 6.07) is 10.9. The Labute approximate surface area is 176 Å². The van der Waals surface area contributed by atoms with E-state index in [1.165, 1.54) is 25.1 Å². The number of halogens is 1. The number of benzene rings is 2. The summed E-state index contributed by atoms with van der Waals surface area (Å²) >= 11 is 5.97. The van der Waals surface area contributed by atoms with Gasteiger partial charge in [-0.2, -0.15) is 0 Å². The molecule has 0 fully saturated rings. The summed E-state index contributed by atoms with van der Waals surface area (Å²) in [6.07, 6.45) is 2.13. The molecule has 2 rings (SSSR count). The van der Waals surface area contributed by atoms with Gasteiger partial charge in [-0.15, -0.1) is 0 Å². The second-order valence-electron chi connectivity index (χ2n) is 6.79. The summed E-state index contributed by atoms with van der Waals surface area (Å²) in [7, 11) is -7.07. The van der Waals surface area contributed by atoms with Crippen LogP contribution in [0.1, 0.15) is 25.5 Å². The highest BCUT2D eigenvalue weighted by molar-refractivity contribution is 7.92. The number of hydrogen-bond acceptors (Lipinski definition) is 5. The SMILES string of the molecule is CC(NC(=O)C(C)N(c1cccc(Cl)c1)S(C)(=O)=O)c1ccc(S(C)(=O)=O)cc1. The van der Waals surface area contributed by atoms with Gasteiger partial charge in [-0.3, -0.25) is 9.10 Å². The fraction of sp³-hybridized carbons (Fsp3) is 0.316. The molecule has 1 amide bonds. The lowest BCUT2D eigenvalue weighted by molar-refractivity contribution is -0.122. The van der Waals surface area contributed by atoms with Crippen LogP contribution in [0.25, 0.3) is 0 Å². The lowest BCUT2D eigenvalue weighted by atomic mass is 10.1. The van der Waals surface area contributed by atoms with Crippen molar-refractivity contribution in [2.24, 2.45) is 0 Å². The Morgan fingerprint density at radius 2 is 1.59 bits per heavy atom. The zero-order valence-corrected chi connectivity index (χ0v) is 18.8. The van der Waals surface area contributed by atoms with Crippen molar-refractivity contribution >= 4 is 43.1 Å². The van der Waals surface area contributed by atoms with Gasteiger partial charge in [0, 0.05) is 11.3 Å². The number of amides is 1. The van der Waals surface area contributed by atoms with Crippen LogP contribution in [0.5, 0.6) is 0 Å². The van der Waals surface area contributed by atoms with E-state index in [1.807, 2.05) is 0 Å². The molecule has 0 aromatic heterocycles. The normalized spacial score (nSPS) is 14.1. The minimum atomic E-state index is -3.75. The predicted molar refractivity (Wildman–Crippen MR) is 114 cm³/mol. The molecule has 0 saturated heterocycles. The van der Waals surface area contributed by atoms with E-state index < -0.39 is 37.9 Å². The summed E-state index contributed by atoms with van der Waals surface area (Å²) < 4.78 is 48.8. The average Bonchev–Trinajstić information content (AvgIpc) is 2.60. The maximum Gasteiger partial charge on any atom is 0.244 e. The number of hydrogen-bond donors (Lipinski definition) is 1. The largest absolute Gasteiger partial charge is 0.348 e. The molecule has 10 heteroatoms. The first-order valence-electron chi connectivity index (χ1n) is 8.66. The van der Waals surface area contributed by atoms with Crippen LogP contribution >= 0.6 is 11.6 Å². The highest BCUT2D eigenvalue weighted by Crippen LogP contribution is 2.25. The van der Waals surface area contributed by atoms with Gasteiger partial charge in [0.15, 0.2) is 9.84 Å². The van der Waals surface area contributed by atoms with Crippen LogP contribution in [0.15, 0.2) is 53.4 Å². The number of sulfonamides is 1. The third-order valence-corrected chi connectivity index (χ3v) is 6.92. The average molecular weight is 459 g/mol. The molecule has 0 aliphatic rings. The zero-order valence-electron chi connectivity index (χ0n) is 16.5. The molecule has 0 heterocycles. The molecule has 2 unspecified atom stereocenters. The number of sulfone groups is 1. The summed E-state index contributed by atoms with van der Waals surface area (Å²) in [6.45, 7) is 3.21. The van der Waals surface area contributed by atoms with Crippen LogP contribution in [-0.2, 0) is 24.7 Å². The Hall–Kier alpha value is -2.10. The Bertz CT molecular complexity index is 1100. The number of rotatable bonds is 7. The molecule has 1 N–H and O–H groups in total. The molecule has 0 spiro atoms. The number of nitrogens with zero attached hydrogens (tertiary/aromatic N) is 1. The maximum atomic E-state index is 12.8. The van der Waals surface area contributed by atoms with Crippen molar-refractivity contribution < 1.29 is 21.6 Å². The van der Waals surface area contributed by atoms with Gasteiger partial charge in [0.25, 0.3) is 0 Å². The van der Waals surface area contributed by atoms with Gasteiger partial charge in [0.2, 0.25) is 15.9 Å². The van der Waals surface area contributed by atoms with Gasteiger partial charge < -0.3 is 5.32 Å². The predicted octanol–water partition coefficient (Wildman–Crippen LogP) is 2.78. The van der Waals surface area contributed by atoms with Crippen LogP contribution in [0.4, 0.5) is 5.69 Å². The van der Waals surface area contributed by atoms with E-state index in [4.69, 9.17) is 11.6 Å². The standard InChI is InChI=1S/C19H23ClN2O5S2/c1-13(15-8-10-18(11-9-15)28(3,24)25)21-19(23)14(2)22(29(4,26)27)17-7-5-6-16(20)12-17/h5-14H,1-4H3,(H,21,23). The summed E-state index contributed by atoms with van der Waals surface area (Å²) in [5.41, 5.74) is 0.972. The van der Waals surface area contributed by atoms with E-state index in [0.29, 0.717) is 10.6 Å². The molecule has 0 radical (unpaired) electrons. The highest BCUT2D eigenvalue weighted by Gasteiger charge is 2.30. The molecule has 0 bridgehead atoms. The number of anilines is 1. The van der Waals surface area contributed by atoms with Crippen molar-refractivity contribution in [2.45, 2.75) is 30.8 Å². The Morgan fingerprint density at radius 1 is 1.00 bits per heavy atom. The van der Waals surface area contributed by atoms with Gasteiger partial charge in [0.05, 0.1) is 22.9 Å². The number of carbonyl (C=O) groups is 1. The van der Waals surface area contributed by atoms with Gasteiger partial charge in [-0.05, 0) is 49.7 Å². The second-order valence-corrected chi connectivity index (χ2v) is 11.1. The van der Waals surface area contributed by atoms with Crippen molar-refractivity contribution in [3.05, 3.63) is 59.1 Å². The molecule has 158 valence electrons. The van der Waals surface area contributed by atoms with E-state index in [-0.39, 0.29) is 10.6 Å². The number of nitrogens with one attached hydrogen (secondary N) is 1. The van der Waals surface area contributed by atoms with Crippen LogP contribution in [0, 0.1) is 0 Å². The first-order valence-corrected chi connectivity index (χ1v) is 12.8. The second kappa shape index (κ2) is 8.73. The molecule has 2 aromatic rings. The van der Waals surface area contributed by atoms with Crippen LogP contribution in [0.2, 0.25) is 5.02 Å². The van der Waals surface area contributed by atoms with Crippen molar-refractivity contribution in [2.75, 3.05) is 16.8 Å². The van der Waals surface area contributed by atoms with Crippen molar-refractivity contribution in [3.8, 4) is 0 Å². The first-order chi connectivity index (χ1) is 13.3. The van der Waals surface area contributed by atoms with E-state index in [0.717, 1.165) is 16.8 Å². The van der Waals surface area contributed by atoms with Crippen LogP contribution < -0.4 is 9.62 Å². The Morgan fingerprint density at radius 3 is 2.07 bits per heavy atom. The van der Waals surface area contributed by atoms with Crippen molar-refractivity contribution in [1.29, 1.82) is 0 Å². The van der Waals surface area contributed by atoms with E-state index in [1.54, 1.807) is 37.3 Å². The molecule has 29 heavy (non-hydrogen) atoms. The van der Waals surface area contributed by atoms with Crippen LogP contribution in [0.3, 0.4) is 0 Å². The summed E-state index contributed by atoms with van der Waals surface area (Å²) in [5.74, 6) is -0.505. The maximum absolute atomic E-state index is 12.8. The van der Waals surface area contributed by atoms with Gasteiger partial charge >= 0.3 is 0 Å². The zero-order chi connectivity index (χ0) is 22.0. The van der Waals surface area contributed by atoms with E-state index >= 15 is 0 Å². The molecule has 0 saturated carbocycles. The first kappa shape index (κ1) is 23.2. The monoisotopic (exact) mass is 458 g/mol. The van der Waals surface area contributed by atoms with E-state index in [9.17, 15) is 21.6 Å². The molecule has 0 aliphatic heterocycles. The summed E-state index contributed by atoms with van der Waals surface area (Å²) in [4.78, 5) is 12.9. The van der Waals surface area contributed by atoms with Gasteiger partial charge in [-0.1, -0.05) is 29.8 Å². The smallest absolute Gasteiger partial charge is 0.244 e. The third kappa shape index (κ3) is 5.94.